The van der Waals surface area contributed by atoms with Crippen LogP contribution in [0.1, 0.15) is 39.9 Å². The summed E-state index contributed by atoms with van der Waals surface area (Å²) >= 11 is 6.22. The number of rotatable bonds is 5. The van der Waals surface area contributed by atoms with E-state index < -0.39 is 6.10 Å². The first-order valence-electron chi connectivity index (χ1n) is 8.56. The molecule has 0 spiro atoms. The van der Waals surface area contributed by atoms with Crippen LogP contribution in [0.4, 0.5) is 0 Å². The predicted molar refractivity (Wildman–Crippen MR) is 97.1 cm³/mol. The zero-order valence-corrected chi connectivity index (χ0v) is 15.2. The Balaban J connectivity index is 1.86. The summed E-state index contributed by atoms with van der Waals surface area (Å²) in [6.07, 6.45) is 0.0427. The molecule has 2 amide bonds. The van der Waals surface area contributed by atoms with Gasteiger partial charge in [-0.2, -0.15) is 5.10 Å². The minimum absolute atomic E-state index is 0.166. The van der Waals surface area contributed by atoms with E-state index in [0.717, 1.165) is 12.0 Å². The van der Waals surface area contributed by atoms with Gasteiger partial charge in [0.15, 0.2) is 5.69 Å². The fraction of sp³-hybridized carbons (Fsp3) is 0.389. The Morgan fingerprint density at radius 2 is 2.23 bits per heavy atom. The average molecular weight is 377 g/mol. The maximum atomic E-state index is 13.0. The van der Waals surface area contributed by atoms with E-state index in [1.807, 2.05) is 25.1 Å². The maximum Gasteiger partial charge on any atom is 0.274 e. The van der Waals surface area contributed by atoms with Crippen LogP contribution >= 0.6 is 11.6 Å². The molecule has 0 aliphatic carbocycles. The largest absolute Gasteiger partial charge is 0.389 e. The van der Waals surface area contributed by atoms with Gasteiger partial charge in [0.25, 0.3) is 11.8 Å². The van der Waals surface area contributed by atoms with Crippen molar-refractivity contribution in [3.05, 3.63) is 52.3 Å². The van der Waals surface area contributed by atoms with Gasteiger partial charge in [0.1, 0.15) is 5.69 Å². The normalized spacial score (nSPS) is 16.6. The van der Waals surface area contributed by atoms with Crippen LogP contribution in [-0.4, -0.2) is 50.8 Å². The van der Waals surface area contributed by atoms with Crippen molar-refractivity contribution in [3.8, 4) is 0 Å². The third-order valence-electron chi connectivity index (χ3n) is 4.21. The van der Waals surface area contributed by atoms with Crippen molar-refractivity contribution >= 4 is 23.4 Å². The average Bonchev–Trinajstić information content (AvgIpc) is 2.98. The van der Waals surface area contributed by atoms with Crippen LogP contribution < -0.4 is 5.32 Å². The van der Waals surface area contributed by atoms with Gasteiger partial charge < -0.3 is 15.3 Å². The van der Waals surface area contributed by atoms with Crippen LogP contribution in [0, 0.1) is 0 Å². The van der Waals surface area contributed by atoms with E-state index in [2.05, 4.69) is 10.4 Å². The highest BCUT2D eigenvalue weighted by Gasteiger charge is 2.26. The number of aromatic nitrogens is 2. The molecule has 1 aliphatic rings. The number of aliphatic hydroxyl groups is 1. The van der Waals surface area contributed by atoms with Crippen molar-refractivity contribution in [1.29, 1.82) is 0 Å². The van der Waals surface area contributed by atoms with Crippen LogP contribution in [0.15, 0.2) is 30.3 Å². The molecule has 0 saturated carbocycles. The highest BCUT2D eigenvalue weighted by atomic mass is 35.5. The van der Waals surface area contributed by atoms with Gasteiger partial charge >= 0.3 is 0 Å². The van der Waals surface area contributed by atoms with Crippen LogP contribution in [-0.2, 0) is 13.1 Å². The summed E-state index contributed by atoms with van der Waals surface area (Å²) in [6, 6.07) is 8.86. The number of hydrogen-bond acceptors (Lipinski definition) is 4. The van der Waals surface area contributed by atoms with E-state index in [0.29, 0.717) is 18.1 Å². The van der Waals surface area contributed by atoms with Crippen molar-refractivity contribution in [2.75, 3.05) is 13.1 Å². The fourth-order valence-electron chi connectivity index (χ4n) is 2.93. The van der Waals surface area contributed by atoms with Gasteiger partial charge in [-0.25, -0.2) is 0 Å². The van der Waals surface area contributed by atoms with Crippen molar-refractivity contribution in [3.63, 3.8) is 0 Å². The van der Waals surface area contributed by atoms with E-state index in [9.17, 15) is 14.7 Å². The van der Waals surface area contributed by atoms with Crippen LogP contribution in [0.2, 0.25) is 5.02 Å². The first-order valence-corrected chi connectivity index (χ1v) is 8.94. The quantitative estimate of drug-likeness (QED) is 0.831. The summed E-state index contributed by atoms with van der Waals surface area (Å²) in [5.74, 6) is -0.615. The molecule has 0 radical (unpaired) electrons. The fourth-order valence-corrected chi connectivity index (χ4v) is 3.12. The van der Waals surface area contributed by atoms with E-state index in [4.69, 9.17) is 11.6 Å². The first-order chi connectivity index (χ1) is 12.5. The zero-order chi connectivity index (χ0) is 18.7. The lowest BCUT2D eigenvalue weighted by Gasteiger charge is -2.22. The number of carbonyl (C=O) groups is 2. The molecule has 8 heteroatoms. The molecular formula is C18H21ClN4O3. The topological polar surface area (TPSA) is 87.5 Å². The minimum atomic E-state index is -0.738. The molecule has 7 nitrogen and oxygen atoms in total. The van der Waals surface area contributed by atoms with Gasteiger partial charge in [-0.1, -0.05) is 36.7 Å². The lowest BCUT2D eigenvalue weighted by atomic mass is 10.2. The standard InChI is InChI=1S/C18H21ClN4O3/c1-2-7-22(10-12-5-3-4-6-14(12)19)18(26)15-8-16-17(25)20-9-13(24)11-23(16)21-15/h3-6,8,13,24H,2,7,9-11H2,1H3,(H,20,25)/t13-/m0/s1. The number of benzene rings is 1. The van der Waals surface area contributed by atoms with Crippen molar-refractivity contribution < 1.29 is 14.7 Å². The molecule has 0 saturated heterocycles. The summed E-state index contributed by atoms with van der Waals surface area (Å²) in [5, 5.41) is 17.3. The summed E-state index contributed by atoms with van der Waals surface area (Å²) in [5.41, 5.74) is 1.31. The molecule has 0 unspecified atom stereocenters. The number of carbonyl (C=O) groups excluding carboxylic acids is 2. The lowest BCUT2D eigenvalue weighted by Crippen LogP contribution is -2.32. The molecular weight excluding hydrogens is 356 g/mol. The molecule has 1 aromatic heterocycles. The number of hydrogen-bond donors (Lipinski definition) is 2. The number of amides is 2. The summed E-state index contributed by atoms with van der Waals surface area (Å²) in [4.78, 5) is 26.7. The van der Waals surface area contributed by atoms with E-state index >= 15 is 0 Å². The van der Waals surface area contributed by atoms with E-state index in [1.165, 1.54) is 10.7 Å². The summed E-state index contributed by atoms with van der Waals surface area (Å²) in [6.45, 7) is 3.23. The maximum absolute atomic E-state index is 13.0. The third kappa shape index (κ3) is 3.89. The monoisotopic (exact) mass is 376 g/mol. The number of nitrogens with zero attached hydrogens (tertiary/aromatic N) is 3. The second-order valence-electron chi connectivity index (χ2n) is 6.28. The second kappa shape index (κ2) is 7.88. The highest BCUT2D eigenvalue weighted by molar-refractivity contribution is 6.31. The molecule has 2 aromatic rings. The molecule has 3 rings (SSSR count). The third-order valence-corrected chi connectivity index (χ3v) is 4.58. The minimum Gasteiger partial charge on any atom is -0.389 e. The number of β-amino-alcohol motifs (C(OH)–C–C–N with tert-alkyl or cyclic N) is 1. The predicted octanol–water partition coefficient (Wildman–Crippen LogP) is 1.69. The van der Waals surface area contributed by atoms with Crippen molar-refractivity contribution in [2.45, 2.75) is 32.5 Å². The summed E-state index contributed by atoms with van der Waals surface area (Å²) < 4.78 is 1.39. The molecule has 2 N–H and O–H groups in total. The molecule has 1 aliphatic heterocycles. The van der Waals surface area contributed by atoms with Crippen LogP contribution in [0.25, 0.3) is 0 Å². The Labute approximate surface area is 156 Å². The molecule has 1 aromatic carbocycles. The number of fused-ring (bicyclic) bond motifs is 1. The van der Waals surface area contributed by atoms with E-state index in [-0.39, 0.29) is 36.3 Å². The highest BCUT2D eigenvalue weighted by Crippen LogP contribution is 2.19. The Bertz CT molecular complexity index is 821. The number of aliphatic hydroxyl groups excluding tert-OH is 1. The summed E-state index contributed by atoms with van der Waals surface area (Å²) in [7, 11) is 0. The number of halogens is 1. The van der Waals surface area contributed by atoms with E-state index in [1.54, 1.807) is 11.0 Å². The Morgan fingerprint density at radius 1 is 1.46 bits per heavy atom. The van der Waals surface area contributed by atoms with Crippen LogP contribution in [0.5, 0.6) is 0 Å². The van der Waals surface area contributed by atoms with Crippen molar-refractivity contribution in [1.82, 2.24) is 20.0 Å². The Morgan fingerprint density at radius 3 is 2.96 bits per heavy atom. The van der Waals surface area contributed by atoms with Gasteiger partial charge in [0.2, 0.25) is 0 Å². The number of nitrogens with one attached hydrogen (secondary N) is 1. The van der Waals surface area contributed by atoms with Crippen molar-refractivity contribution in [2.24, 2.45) is 0 Å². The van der Waals surface area contributed by atoms with Gasteiger partial charge in [-0.05, 0) is 18.1 Å². The van der Waals surface area contributed by atoms with Gasteiger partial charge in [0, 0.05) is 30.7 Å². The van der Waals surface area contributed by atoms with Crippen LogP contribution in [0.3, 0.4) is 0 Å². The molecule has 138 valence electrons. The zero-order valence-electron chi connectivity index (χ0n) is 14.5. The Hall–Kier alpha value is -2.38. The molecule has 0 bridgehead atoms. The molecule has 2 heterocycles. The van der Waals surface area contributed by atoms with Gasteiger partial charge in [0.05, 0.1) is 12.6 Å². The molecule has 0 fully saturated rings. The van der Waals surface area contributed by atoms with Gasteiger partial charge in [-0.15, -0.1) is 0 Å². The molecule has 1 atom stereocenters. The smallest absolute Gasteiger partial charge is 0.274 e. The molecule has 26 heavy (non-hydrogen) atoms. The Kier molecular flexibility index (Phi) is 5.58. The first kappa shape index (κ1) is 18.4. The second-order valence-corrected chi connectivity index (χ2v) is 6.69. The SMILES string of the molecule is CCCN(Cc1ccccc1Cl)C(=O)c1cc2n(n1)C[C@@H](O)CNC2=O. The van der Waals surface area contributed by atoms with Gasteiger partial charge in [-0.3, -0.25) is 14.3 Å². The lowest BCUT2D eigenvalue weighted by molar-refractivity contribution is 0.0735.